The maximum absolute atomic E-state index is 13.3. The second-order valence-electron chi connectivity index (χ2n) is 2.92. The second-order valence-corrected chi connectivity index (χ2v) is 3.70. The van der Waals surface area contributed by atoms with Gasteiger partial charge in [0, 0.05) is 14.1 Å². The number of halogens is 3. The van der Waals surface area contributed by atoms with Crippen LogP contribution in [0.5, 0.6) is 0 Å². The highest BCUT2D eigenvalue weighted by atomic mass is 35.5. The first-order chi connectivity index (χ1) is 6.45. The van der Waals surface area contributed by atoms with Gasteiger partial charge in [0.2, 0.25) is 0 Å². The predicted octanol–water partition coefficient (Wildman–Crippen LogP) is 2.83. The van der Waals surface area contributed by atoms with Gasteiger partial charge in [-0.25, -0.2) is 4.39 Å². The third-order valence-corrected chi connectivity index (χ3v) is 2.47. The van der Waals surface area contributed by atoms with E-state index in [9.17, 15) is 9.18 Å². The van der Waals surface area contributed by atoms with Crippen LogP contribution in [0, 0.1) is 5.82 Å². The molecule has 0 atom stereocenters. The van der Waals surface area contributed by atoms with Gasteiger partial charge >= 0.3 is 0 Å². The molecule has 0 aromatic heterocycles. The molecule has 14 heavy (non-hydrogen) atoms. The molecule has 1 rings (SSSR count). The average Bonchev–Trinajstić information content (AvgIpc) is 2.12. The maximum atomic E-state index is 13.3. The lowest BCUT2D eigenvalue weighted by Crippen LogP contribution is -2.23. The standard InChI is InChI=1S/C9H8Cl2FNO/c1-13(2)9(14)7-6(12)4-3-5(10)8(7)11/h3-4H,1-2H3. The summed E-state index contributed by atoms with van der Waals surface area (Å²) in [4.78, 5) is 12.7. The van der Waals surface area contributed by atoms with Gasteiger partial charge in [-0.3, -0.25) is 4.79 Å². The minimum Gasteiger partial charge on any atom is -0.345 e. The van der Waals surface area contributed by atoms with Gasteiger partial charge < -0.3 is 4.90 Å². The quantitative estimate of drug-likeness (QED) is 0.686. The molecule has 0 saturated heterocycles. The van der Waals surface area contributed by atoms with Crippen molar-refractivity contribution in [1.82, 2.24) is 4.90 Å². The third-order valence-electron chi connectivity index (χ3n) is 1.66. The van der Waals surface area contributed by atoms with Crippen LogP contribution >= 0.6 is 23.2 Å². The molecule has 2 nitrogen and oxygen atoms in total. The van der Waals surface area contributed by atoms with Crippen LogP contribution in [0.15, 0.2) is 12.1 Å². The number of carbonyl (C=O) groups is 1. The largest absolute Gasteiger partial charge is 0.345 e. The first-order valence-electron chi connectivity index (χ1n) is 3.80. The van der Waals surface area contributed by atoms with E-state index in [0.29, 0.717) is 0 Å². The van der Waals surface area contributed by atoms with Crippen molar-refractivity contribution < 1.29 is 9.18 Å². The van der Waals surface area contributed by atoms with Gasteiger partial charge in [0.05, 0.1) is 15.6 Å². The molecule has 1 aromatic rings. The molecule has 1 aromatic carbocycles. The summed E-state index contributed by atoms with van der Waals surface area (Å²) in [6.45, 7) is 0. The summed E-state index contributed by atoms with van der Waals surface area (Å²) in [6, 6.07) is 2.43. The van der Waals surface area contributed by atoms with Gasteiger partial charge in [-0.05, 0) is 12.1 Å². The van der Waals surface area contributed by atoms with E-state index in [-0.39, 0.29) is 15.6 Å². The van der Waals surface area contributed by atoms with E-state index in [1.165, 1.54) is 25.1 Å². The summed E-state index contributed by atoms with van der Waals surface area (Å²) in [6.07, 6.45) is 0. The molecule has 0 spiro atoms. The minimum absolute atomic E-state index is 0.0506. The van der Waals surface area contributed by atoms with Crippen molar-refractivity contribution in [2.24, 2.45) is 0 Å². The van der Waals surface area contributed by atoms with Crippen molar-refractivity contribution in [3.05, 3.63) is 33.6 Å². The van der Waals surface area contributed by atoms with Crippen LogP contribution in [0.25, 0.3) is 0 Å². The molecule has 0 fully saturated rings. The van der Waals surface area contributed by atoms with Crippen LogP contribution in [0.1, 0.15) is 10.4 Å². The van der Waals surface area contributed by atoms with Crippen molar-refractivity contribution in [2.75, 3.05) is 14.1 Å². The van der Waals surface area contributed by atoms with Crippen molar-refractivity contribution >= 4 is 29.1 Å². The Bertz CT molecular complexity index is 379. The van der Waals surface area contributed by atoms with Gasteiger partial charge in [-0.15, -0.1) is 0 Å². The number of hydrogen-bond acceptors (Lipinski definition) is 1. The Kier molecular flexibility index (Phi) is 3.34. The van der Waals surface area contributed by atoms with Crippen molar-refractivity contribution in [3.63, 3.8) is 0 Å². The molecular weight excluding hydrogens is 228 g/mol. The predicted molar refractivity (Wildman–Crippen MR) is 54.4 cm³/mol. The normalized spacial score (nSPS) is 10.1. The fraction of sp³-hybridized carbons (Fsp3) is 0.222. The molecule has 76 valence electrons. The lowest BCUT2D eigenvalue weighted by Gasteiger charge is -2.12. The average molecular weight is 236 g/mol. The summed E-state index contributed by atoms with van der Waals surface area (Å²) in [5, 5.41) is 0.114. The molecule has 0 saturated carbocycles. The molecular formula is C9H8Cl2FNO. The molecule has 0 radical (unpaired) electrons. The molecule has 1 amide bonds. The van der Waals surface area contributed by atoms with Crippen molar-refractivity contribution in [2.45, 2.75) is 0 Å². The smallest absolute Gasteiger partial charge is 0.257 e. The molecule has 0 aliphatic heterocycles. The Morgan fingerprint density at radius 3 is 2.43 bits per heavy atom. The van der Waals surface area contributed by atoms with E-state index in [4.69, 9.17) is 23.2 Å². The molecule has 0 unspecified atom stereocenters. The first-order valence-corrected chi connectivity index (χ1v) is 4.56. The van der Waals surface area contributed by atoms with Crippen molar-refractivity contribution in [3.8, 4) is 0 Å². The third kappa shape index (κ3) is 1.99. The van der Waals surface area contributed by atoms with E-state index in [2.05, 4.69) is 0 Å². The zero-order valence-electron chi connectivity index (χ0n) is 7.64. The summed E-state index contributed by atoms with van der Waals surface area (Å²) in [7, 11) is 3.03. The number of rotatable bonds is 1. The van der Waals surface area contributed by atoms with Gasteiger partial charge in [0.15, 0.2) is 0 Å². The second kappa shape index (κ2) is 4.15. The number of hydrogen-bond donors (Lipinski definition) is 0. The minimum atomic E-state index is -0.668. The Morgan fingerprint density at radius 2 is 1.93 bits per heavy atom. The van der Waals surface area contributed by atoms with E-state index in [1.807, 2.05) is 0 Å². The molecule has 5 heteroatoms. The molecule has 0 aliphatic rings. The number of benzene rings is 1. The van der Waals surface area contributed by atoms with Gasteiger partial charge in [0.1, 0.15) is 5.82 Å². The number of carbonyl (C=O) groups excluding carboxylic acids is 1. The van der Waals surface area contributed by atoms with Gasteiger partial charge in [-0.2, -0.15) is 0 Å². The lowest BCUT2D eigenvalue weighted by molar-refractivity contribution is 0.0823. The van der Waals surface area contributed by atoms with Crippen LogP contribution < -0.4 is 0 Å². The van der Waals surface area contributed by atoms with Crippen LogP contribution in [0.3, 0.4) is 0 Å². The van der Waals surface area contributed by atoms with E-state index >= 15 is 0 Å². The summed E-state index contributed by atoms with van der Waals surface area (Å²) < 4.78 is 13.3. The Morgan fingerprint density at radius 1 is 1.36 bits per heavy atom. The lowest BCUT2D eigenvalue weighted by atomic mass is 10.2. The molecule has 0 aliphatic carbocycles. The SMILES string of the molecule is CN(C)C(=O)c1c(F)ccc(Cl)c1Cl. The molecule has 0 N–H and O–H groups in total. The molecule has 0 heterocycles. The van der Waals surface area contributed by atoms with Crippen LogP contribution in [-0.2, 0) is 0 Å². The van der Waals surface area contributed by atoms with Crippen molar-refractivity contribution in [1.29, 1.82) is 0 Å². The zero-order valence-corrected chi connectivity index (χ0v) is 9.16. The van der Waals surface area contributed by atoms with E-state index in [0.717, 1.165) is 6.07 Å². The number of nitrogens with zero attached hydrogens (tertiary/aromatic N) is 1. The summed E-state index contributed by atoms with van der Waals surface area (Å²) in [5.41, 5.74) is -0.191. The van der Waals surface area contributed by atoms with Crippen LogP contribution in [-0.4, -0.2) is 24.9 Å². The van der Waals surface area contributed by atoms with E-state index in [1.54, 1.807) is 0 Å². The Hall–Kier alpha value is -0.800. The topological polar surface area (TPSA) is 20.3 Å². The Balaban J connectivity index is 3.33. The highest BCUT2D eigenvalue weighted by Gasteiger charge is 2.19. The van der Waals surface area contributed by atoms with E-state index < -0.39 is 11.7 Å². The molecule has 0 bridgehead atoms. The van der Waals surface area contributed by atoms with Gasteiger partial charge in [-0.1, -0.05) is 23.2 Å². The maximum Gasteiger partial charge on any atom is 0.257 e. The number of amides is 1. The summed E-state index contributed by atoms with van der Waals surface area (Å²) in [5.74, 6) is -1.17. The highest BCUT2D eigenvalue weighted by molar-refractivity contribution is 6.43. The van der Waals surface area contributed by atoms with Gasteiger partial charge in [0.25, 0.3) is 5.91 Å². The first kappa shape index (κ1) is 11.3. The fourth-order valence-electron chi connectivity index (χ4n) is 0.947. The van der Waals surface area contributed by atoms with Crippen LogP contribution in [0.2, 0.25) is 10.0 Å². The Labute approximate surface area is 91.2 Å². The fourth-order valence-corrected chi connectivity index (χ4v) is 1.34. The zero-order chi connectivity index (χ0) is 10.9. The highest BCUT2D eigenvalue weighted by Crippen LogP contribution is 2.28. The monoisotopic (exact) mass is 235 g/mol. The summed E-state index contributed by atoms with van der Waals surface area (Å²) >= 11 is 11.4. The van der Waals surface area contributed by atoms with Crippen LogP contribution in [0.4, 0.5) is 4.39 Å².